The van der Waals surface area contributed by atoms with Gasteiger partial charge in [-0.3, -0.25) is 0 Å². The Labute approximate surface area is 67.6 Å². The van der Waals surface area contributed by atoms with Gasteiger partial charge in [-0.15, -0.1) is 0 Å². The standard InChI is InChI=1S/C8H15O3/c1-9-8(10-2)6-7-4-3-5-11-7/h8H,3-6H2,1-2H3. The molecule has 1 aliphatic rings. The van der Waals surface area contributed by atoms with Crippen molar-refractivity contribution in [2.75, 3.05) is 20.8 Å². The van der Waals surface area contributed by atoms with E-state index in [0.29, 0.717) is 0 Å². The highest BCUT2D eigenvalue weighted by molar-refractivity contribution is 4.83. The highest BCUT2D eigenvalue weighted by atomic mass is 16.7. The van der Waals surface area contributed by atoms with Crippen LogP contribution in [0.2, 0.25) is 0 Å². The Bertz CT molecular complexity index is 95.5. The lowest BCUT2D eigenvalue weighted by atomic mass is 10.2. The van der Waals surface area contributed by atoms with Crippen LogP contribution in [-0.4, -0.2) is 27.1 Å². The maximum Gasteiger partial charge on any atom is 0.159 e. The Kier molecular flexibility index (Phi) is 3.83. The topological polar surface area (TPSA) is 27.7 Å². The maximum absolute atomic E-state index is 5.34. The van der Waals surface area contributed by atoms with Gasteiger partial charge in [-0.05, 0) is 12.8 Å². The van der Waals surface area contributed by atoms with Crippen LogP contribution in [0.5, 0.6) is 0 Å². The molecule has 0 saturated carbocycles. The second-order valence-corrected chi connectivity index (χ2v) is 2.60. The first kappa shape index (κ1) is 8.97. The average molecular weight is 159 g/mol. The summed E-state index contributed by atoms with van der Waals surface area (Å²) >= 11 is 0. The third-order valence-electron chi connectivity index (χ3n) is 1.83. The molecule has 0 atom stereocenters. The van der Waals surface area contributed by atoms with Crippen LogP contribution in [0, 0.1) is 6.10 Å². The molecule has 3 heteroatoms. The molecule has 0 unspecified atom stereocenters. The number of rotatable bonds is 4. The maximum atomic E-state index is 5.34. The Morgan fingerprint density at radius 2 is 2.18 bits per heavy atom. The first-order valence-electron chi connectivity index (χ1n) is 3.90. The van der Waals surface area contributed by atoms with Crippen LogP contribution in [-0.2, 0) is 14.2 Å². The summed E-state index contributed by atoms with van der Waals surface area (Å²) < 4.78 is 15.4. The van der Waals surface area contributed by atoms with E-state index in [1.54, 1.807) is 14.2 Å². The van der Waals surface area contributed by atoms with Gasteiger partial charge in [0.05, 0.1) is 0 Å². The predicted molar refractivity (Wildman–Crippen MR) is 40.9 cm³/mol. The summed E-state index contributed by atoms with van der Waals surface area (Å²) in [6, 6.07) is 0. The van der Waals surface area contributed by atoms with E-state index < -0.39 is 0 Å². The number of hydrogen-bond donors (Lipinski definition) is 0. The van der Waals surface area contributed by atoms with Crippen molar-refractivity contribution in [1.82, 2.24) is 0 Å². The quantitative estimate of drug-likeness (QED) is 0.579. The Balaban J connectivity index is 2.16. The lowest BCUT2D eigenvalue weighted by Gasteiger charge is -2.15. The summed E-state index contributed by atoms with van der Waals surface area (Å²) in [7, 11) is 3.29. The molecule has 1 saturated heterocycles. The normalized spacial score (nSPS) is 19.9. The molecule has 3 nitrogen and oxygen atoms in total. The van der Waals surface area contributed by atoms with E-state index in [9.17, 15) is 0 Å². The van der Waals surface area contributed by atoms with Crippen molar-refractivity contribution in [3.8, 4) is 0 Å². The van der Waals surface area contributed by atoms with Crippen LogP contribution >= 0.6 is 0 Å². The van der Waals surface area contributed by atoms with Gasteiger partial charge in [-0.25, -0.2) is 0 Å². The second-order valence-electron chi connectivity index (χ2n) is 2.60. The molecule has 1 fully saturated rings. The van der Waals surface area contributed by atoms with E-state index >= 15 is 0 Å². The van der Waals surface area contributed by atoms with Crippen molar-refractivity contribution in [2.24, 2.45) is 0 Å². The molecule has 65 valence electrons. The van der Waals surface area contributed by atoms with E-state index in [2.05, 4.69) is 0 Å². The van der Waals surface area contributed by atoms with E-state index in [1.165, 1.54) is 0 Å². The van der Waals surface area contributed by atoms with Crippen LogP contribution in [0.4, 0.5) is 0 Å². The molecule has 0 N–H and O–H groups in total. The molecule has 0 amide bonds. The van der Waals surface area contributed by atoms with Gasteiger partial charge in [0.2, 0.25) is 0 Å². The zero-order valence-electron chi connectivity index (χ0n) is 7.13. The molecule has 11 heavy (non-hydrogen) atoms. The van der Waals surface area contributed by atoms with Gasteiger partial charge in [-0.2, -0.15) is 0 Å². The van der Waals surface area contributed by atoms with E-state index in [4.69, 9.17) is 14.2 Å². The smallest absolute Gasteiger partial charge is 0.159 e. The van der Waals surface area contributed by atoms with Gasteiger partial charge in [0.1, 0.15) is 6.10 Å². The van der Waals surface area contributed by atoms with Crippen LogP contribution in [0.15, 0.2) is 0 Å². The summed E-state index contributed by atoms with van der Waals surface area (Å²) in [6.45, 7) is 0.857. The fourth-order valence-corrected chi connectivity index (χ4v) is 1.17. The minimum Gasteiger partial charge on any atom is -0.372 e. The predicted octanol–water partition coefficient (Wildman–Crippen LogP) is 1.34. The summed E-state index contributed by atoms with van der Waals surface area (Å²) in [6.07, 6.45) is 3.94. The molecule has 0 aromatic carbocycles. The Morgan fingerprint density at radius 3 is 2.64 bits per heavy atom. The Morgan fingerprint density at radius 1 is 1.45 bits per heavy atom. The highest BCUT2D eigenvalue weighted by Crippen LogP contribution is 2.25. The van der Waals surface area contributed by atoms with Gasteiger partial charge in [0.25, 0.3) is 0 Å². The van der Waals surface area contributed by atoms with Crippen LogP contribution in [0.1, 0.15) is 19.3 Å². The van der Waals surface area contributed by atoms with E-state index in [1.807, 2.05) is 0 Å². The first-order valence-corrected chi connectivity index (χ1v) is 3.90. The Hall–Kier alpha value is -0.120. The van der Waals surface area contributed by atoms with Crippen LogP contribution in [0.25, 0.3) is 0 Å². The van der Waals surface area contributed by atoms with Crippen molar-refractivity contribution in [3.05, 3.63) is 6.10 Å². The molecular formula is C8H15O3. The van der Waals surface area contributed by atoms with Gasteiger partial charge >= 0.3 is 0 Å². The minimum absolute atomic E-state index is 0.136. The molecule has 0 bridgehead atoms. The average Bonchev–Trinajstić information content (AvgIpc) is 2.52. The number of hydrogen-bond acceptors (Lipinski definition) is 3. The summed E-state index contributed by atoms with van der Waals surface area (Å²) in [5, 5.41) is 0. The number of methoxy groups -OCH3 is 2. The van der Waals surface area contributed by atoms with Crippen molar-refractivity contribution < 1.29 is 14.2 Å². The van der Waals surface area contributed by atoms with Gasteiger partial charge in [0.15, 0.2) is 6.29 Å². The van der Waals surface area contributed by atoms with Crippen molar-refractivity contribution in [1.29, 1.82) is 0 Å². The zero-order chi connectivity index (χ0) is 8.10. The van der Waals surface area contributed by atoms with E-state index in [0.717, 1.165) is 32.0 Å². The van der Waals surface area contributed by atoms with Crippen molar-refractivity contribution in [3.63, 3.8) is 0 Å². The van der Waals surface area contributed by atoms with Crippen molar-refractivity contribution in [2.45, 2.75) is 25.6 Å². The molecule has 1 aliphatic heterocycles. The van der Waals surface area contributed by atoms with Gasteiger partial charge in [-0.1, -0.05) is 0 Å². The number of ether oxygens (including phenoxy) is 3. The summed E-state index contributed by atoms with van der Waals surface area (Å²) in [4.78, 5) is 0. The van der Waals surface area contributed by atoms with E-state index in [-0.39, 0.29) is 6.29 Å². The zero-order valence-corrected chi connectivity index (χ0v) is 7.13. The fraction of sp³-hybridized carbons (Fsp3) is 0.875. The molecule has 0 aliphatic carbocycles. The van der Waals surface area contributed by atoms with Gasteiger partial charge in [0, 0.05) is 27.2 Å². The summed E-state index contributed by atoms with van der Waals surface area (Å²) in [5.41, 5.74) is 0. The molecule has 0 aromatic heterocycles. The summed E-state index contributed by atoms with van der Waals surface area (Å²) in [5.74, 6) is 0. The monoisotopic (exact) mass is 159 g/mol. The third kappa shape index (κ3) is 2.77. The van der Waals surface area contributed by atoms with Gasteiger partial charge < -0.3 is 14.2 Å². The minimum atomic E-state index is -0.136. The molecule has 1 radical (unpaired) electrons. The SMILES string of the molecule is COC(C[C]1CCCO1)OC. The van der Waals surface area contributed by atoms with Crippen LogP contribution < -0.4 is 0 Å². The largest absolute Gasteiger partial charge is 0.372 e. The molecule has 0 spiro atoms. The fourth-order valence-electron chi connectivity index (χ4n) is 1.17. The molecule has 0 aromatic rings. The first-order chi connectivity index (χ1) is 5.36. The highest BCUT2D eigenvalue weighted by Gasteiger charge is 2.21. The second kappa shape index (κ2) is 4.70. The third-order valence-corrected chi connectivity index (χ3v) is 1.83. The lowest BCUT2D eigenvalue weighted by molar-refractivity contribution is -0.111. The molecule has 1 heterocycles. The lowest BCUT2D eigenvalue weighted by Crippen LogP contribution is -2.16. The van der Waals surface area contributed by atoms with Crippen molar-refractivity contribution >= 4 is 0 Å². The van der Waals surface area contributed by atoms with Crippen LogP contribution in [0.3, 0.4) is 0 Å². The molecular weight excluding hydrogens is 144 g/mol. The molecule has 1 rings (SSSR count).